The Balaban J connectivity index is 2.15. The van der Waals surface area contributed by atoms with Crippen LogP contribution in [0.2, 0.25) is 0 Å². The van der Waals surface area contributed by atoms with E-state index in [0.717, 1.165) is 25.1 Å². The van der Waals surface area contributed by atoms with E-state index in [4.69, 9.17) is 9.72 Å². The number of pyridine rings is 1. The fraction of sp³-hybridized carbons (Fsp3) is 0.500. The molecule has 1 N–H and O–H groups in total. The number of aryl methyl sites for hydroxylation is 2. The van der Waals surface area contributed by atoms with Gasteiger partial charge in [0.1, 0.15) is 0 Å². The molecule has 3 rings (SSSR count). The summed E-state index contributed by atoms with van der Waals surface area (Å²) < 4.78 is 5.29. The van der Waals surface area contributed by atoms with Crippen LogP contribution < -0.4 is 5.32 Å². The molecule has 0 unspecified atom stereocenters. The predicted octanol–water partition coefficient (Wildman–Crippen LogP) is 4.08. The van der Waals surface area contributed by atoms with E-state index in [0.29, 0.717) is 6.61 Å². The maximum Gasteiger partial charge on any atom is 0.0885 e. The minimum atomic E-state index is 0.570. The van der Waals surface area contributed by atoms with Crippen molar-refractivity contribution < 1.29 is 4.74 Å². The summed E-state index contributed by atoms with van der Waals surface area (Å²) in [6.07, 6.45) is 6.05. The van der Waals surface area contributed by atoms with Gasteiger partial charge in [0, 0.05) is 24.7 Å². The van der Waals surface area contributed by atoms with Crippen LogP contribution in [0.25, 0.3) is 10.9 Å². The molecule has 0 bridgehead atoms. The van der Waals surface area contributed by atoms with E-state index in [1.54, 1.807) is 7.11 Å². The van der Waals surface area contributed by atoms with Gasteiger partial charge in [0.2, 0.25) is 0 Å². The molecule has 0 saturated heterocycles. The average Bonchev–Trinajstić information content (AvgIpc) is 2.52. The van der Waals surface area contributed by atoms with Crippen molar-refractivity contribution >= 4 is 16.6 Å². The molecule has 1 heterocycles. The van der Waals surface area contributed by atoms with E-state index in [-0.39, 0.29) is 0 Å². The van der Waals surface area contributed by atoms with Crippen LogP contribution >= 0.6 is 0 Å². The first-order valence-corrected chi connectivity index (χ1v) is 8.00. The monoisotopic (exact) mass is 284 g/mol. The van der Waals surface area contributed by atoms with Crippen molar-refractivity contribution in [2.45, 2.75) is 45.6 Å². The van der Waals surface area contributed by atoms with E-state index in [9.17, 15) is 0 Å². The molecule has 3 heteroatoms. The molecule has 0 amide bonds. The number of benzene rings is 1. The van der Waals surface area contributed by atoms with E-state index in [1.165, 1.54) is 47.0 Å². The number of anilines is 1. The van der Waals surface area contributed by atoms with Gasteiger partial charge in [-0.25, -0.2) is 4.98 Å². The van der Waals surface area contributed by atoms with Crippen molar-refractivity contribution in [1.82, 2.24) is 4.98 Å². The van der Waals surface area contributed by atoms with Crippen molar-refractivity contribution in [2.24, 2.45) is 0 Å². The average molecular weight is 284 g/mol. The van der Waals surface area contributed by atoms with Crippen molar-refractivity contribution in [3.63, 3.8) is 0 Å². The molecule has 0 radical (unpaired) electrons. The molecule has 1 aromatic heterocycles. The highest BCUT2D eigenvalue weighted by Gasteiger charge is 2.16. The van der Waals surface area contributed by atoms with Crippen LogP contribution in [0.1, 0.15) is 43.0 Å². The summed E-state index contributed by atoms with van der Waals surface area (Å²) in [5.74, 6) is 0. The predicted molar refractivity (Wildman–Crippen MR) is 87.9 cm³/mol. The summed E-state index contributed by atoms with van der Waals surface area (Å²) >= 11 is 0. The third kappa shape index (κ3) is 2.88. The highest BCUT2D eigenvalue weighted by molar-refractivity contribution is 5.94. The fourth-order valence-corrected chi connectivity index (χ4v) is 3.20. The van der Waals surface area contributed by atoms with Gasteiger partial charge in [-0.3, -0.25) is 0 Å². The standard InChI is InChI=1S/C18H24N2O/c1-3-10-19-17-11-14(12-21-2)20-18-15-7-5-4-6-13(15)8-9-16(17)18/h8-9,11H,3-7,10,12H2,1-2H3,(H,19,20). The smallest absolute Gasteiger partial charge is 0.0885 e. The molecule has 21 heavy (non-hydrogen) atoms. The van der Waals surface area contributed by atoms with Gasteiger partial charge in [-0.1, -0.05) is 19.1 Å². The highest BCUT2D eigenvalue weighted by Crippen LogP contribution is 2.32. The molecule has 112 valence electrons. The van der Waals surface area contributed by atoms with Crippen molar-refractivity contribution in [2.75, 3.05) is 19.0 Å². The molecule has 0 aliphatic heterocycles. The molecule has 1 aromatic carbocycles. The minimum absolute atomic E-state index is 0.570. The fourth-order valence-electron chi connectivity index (χ4n) is 3.20. The zero-order valence-electron chi connectivity index (χ0n) is 13.0. The summed E-state index contributed by atoms with van der Waals surface area (Å²) in [5.41, 5.74) is 6.33. The zero-order chi connectivity index (χ0) is 14.7. The Bertz CT molecular complexity index is 637. The van der Waals surface area contributed by atoms with Crippen LogP contribution in [0.15, 0.2) is 18.2 Å². The Kier molecular flexibility index (Phi) is 4.39. The molecule has 0 fully saturated rings. The molecule has 0 spiro atoms. The number of rotatable bonds is 5. The van der Waals surface area contributed by atoms with Crippen molar-refractivity contribution in [1.29, 1.82) is 0 Å². The number of ether oxygens (including phenoxy) is 1. The van der Waals surface area contributed by atoms with Gasteiger partial charge in [-0.15, -0.1) is 0 Å². The quantitative estimate of drug-likeness (QED) is 0.898. The second-order valence-electron chi connectivity index (χ2n) is 5.83. The van der Waals surface area contributed by atoms with Gasteiger partial charge >= 0.3 is 0 Å². The Morgan fingerprint density at radius 1 is 1.24 bits per heavy atom. The van der Waals surface area contributed by atoms with Crippen molar-refractivity contribution in [3.05, 3.63) is 35.0 Å². The lowest BCUT2D eigenvalue weighted by atomic mass is 9.89. The Morgan fingerprint density at radius 2 is 2.10 bits per heavy atom. The Morgan fingerprint density at radius 3 is 2.90 bits per heavy atom. The Labute approximate surface area is 126 Å². The SMILES string of the molecule is CCCNc1cc(COC)nc2c3c(ccc12)CCCC3. The maximum atomic E-state index is 5.29. The summed E-state index contributed by atoms with van der Waals surface area (Å²) in [6.45, 7) is 3.75. The van der Waals surface area contributed by atoms with Gasteiger partial charge in [0.15, 0.2) is 0 Å². The van der Waals surface area contributed by atoms with Crippen LogP contribution in [0, 0.1) is 0 Å². The Hall–Kier alpha value is -1.61. The molecule has 0 atom stereocenters. The van der Waals surface area contributed by atoms with Gasteiger partial charge in [0.25, 0.3) is 0 Å². The van der Waals surface area contributed by atoms with Crippen LogP contribution in [0.3, 0.4) is 0 Å². The van der Waals surface area contributed by atoms with Crippen LogP contribution in [0.4, 0.5) is 5.69 Å². The number of hydrogen-bond donors (Lipinski definition) is 1. The maximum absolute atomic E-state index is 5.29. The van der Waals surface area contributed by atoms with E-state index >= 15 is 0 Å². The van der Waals surface area contributed by atoms with Crippen molar-refractivity contribution in [3.8, 4) is 0 Å². The van der Waals surface area contributed by atoms with E-state index < -0.39 is 0 Å². The lowest BCUT2D eigenvalue weighted by molar-refractivity contribution is 0.182. The van der Waals surface area contributed by atoms with Crippen LogP contribution in [-0.2, 0) is 24.2 Å². The second kappa shape index (κ2) is 6.44. The normalized spacial score (nSPS) is 14.2. The summed E-state index contributed by atoms with van der Waals surface area (Å²) in [5, 5.41) is 4.80. The van der Waals surface area contributed by atoms with E-state index in [1.807, 2.05) is 0 Å². The first kappa shape index (κ1) is 14.3. The number of nitrogens with zero attached hydrogens (tertiary/aromatic N) is 1. The first-order chi connectivity index (χ1) is 10.3. The van der Waals surface area contributed by atoms with Gasteiger partial charge in [-0.2, -0.15) is 0 Å². The molecule has 0 saturated carbocycles. The van der Waals surface area contributed by atoms with Gasteiger partial charge in [0.05, 0.1) is 17.8 Å². The number of aromatic nitrogens is 1. The number of nitrogens with one attached hydrogen (secondary N) is 1. The van der Waals surface area contributed by atoms with Crippen LogP contribution in [0.5, 0.6) is 0 Å². The largest absolute Gasteiger partial charge is 0.384 e. The molecule has 1 aliphatic carbocycles. The first-order valence-electron chi connectivity index (χ1n) is 8.00. The molecule has 3 nitrogen and oxygen atoms in total. The summed E-state index contributed by atoms with van der Waals surface area (Å²) in [7, 11) is 1.73. The molecular weight excluding hydrogens is 260 g/mol. The number of fused-ring (bicyclic) bond motifs is 3. The van der Waals surface area contributed by atoms with Gasteiger partial charge < -0.3 is 10.1 Å². The number of hydrogen-bond acceptors (Lipinski definition) is 3. The lowest BCUT2D eigenvalue weighted by Gasteiger charge is -2.19. The summed E-state index contributed by atoms with van der Waals surface area (Å²) in [4.78, 5) is 4.88. The third-order valence-electron chi connectivity index (χ3n) is 4.22. The lowest BCUT2D eigenvalue weighted by Crippen LogP contribution is -2.08. The minimum Gasteiger partial charge on any atom is -0.384 e. The topological polar surface area (TPSA) is 34.1 Å². The van der Waals surface area contributed by atoms with Gasteiger partial charge in [-0.05, 0) is 49.3 Å². The zero-order valence-corrected chi connectivity index (χ0v) is 13.0. The van der Waals surface area contributed by atoms with Crippen LogP contribution in [-0.4, -0.2) is 18.6 Å². The third-order valence-corrected chi connectivity index (χ3v) is 4.22. The van der Waals surface area contributed by atoms with E-state index in [2.05, 4.69) is 30.4 Å². The highest BCUT2D eigenvalue weighted by atomic mass is 16.5. The number of methoxy groups -OCH3 is 1. The second-order valence-corrected chi connectivity index (χ2v) is 5.83. The molecular formula is C18H24N2O. The summed E-state index contributed by atoms with van der Waals surface area (Å²) in [6, 6.07) is 6.67. The molecule has 1 aliphatic rings. The molecule has 2 aromatic rings.